The second-order valence-corrected chi connectivity index (χ2v) is 11.0. The van der Waals surface area contributed by atoms with Gasteiger partial charge in [-0.2, -0.15) is 0 Å². The molecule has 1 heterocycles. The quantitative estimate of drug-likeness (QED) is 0.314. The van der Waals surface area contributed by atoms with Crippen molar-refractivity contribution in [2.24, 2.45) is 0 Å². The summed E-state index contributed by atoms with van der Waals surface area (Å²) >= 11 is 15.6. The van der Waals surface area contributed by atoms with Crippen molar-refractivity contribution >= 4 is 62.4 Å². The van der Waals surface area contributed by atoms with Gasteiger partial charge >= 0.3 is 6.03 Å². The first-order valence-corrected chi connectivity index (χ1v) is 14.0. The minimum atomic E-state index is -0.370. The number of rotatable bonds is 8. The Morgan fingerprint density at radius 1 is 0.974 bits per heavy atom. The number of ether oxygens (including phenoxy) is 1. The Labute approximate surface area is 246 Å². The van der Waals surface area contributed by atoms with Crippen molar-refractivity contribution in [1.29, 1.82) is 0 Å². The van der Waals surface area contributed by atoms with Crippen molar-refractivity contribution in [3.8, 4) is 11.5 Å². The normalized spacial score (nSPS) is 14.1. The summed E-state index contributed by atoms with van der Waals surface area (Å²) in [5, 5.41) is 6.50. The second kappa shape index (κ2) is 13.5. The van der Waals surface area contributed by atoms with Crippen LogP contribution in [0.1, 0.15) is 5.56 Å². The van der Waals surface area contributed by atoms with Crippen LogP contribution < -0.4 is 20.3 Å². The molecule has 0 atom stereocenters. The number of likely N-dealkylation sites (N-methyl/N-ethyl adjacent to an activating group) is 2. The molecule has 0 unspecified atom stereocenters. The van der Waals surface area contributed by atoms with Gasteiger partial charge < -0.3 is 25.2 Å². The van der Waals surface area contributed by atoms with Gasteiger partial charge in [0, 0.05) is 67.2 Å². The zero-order valence-corrected chi connectivity index (χ0v) is 24.8. The Balaban J connectivity index is 1.30. The van der Waals surface area contributed by atoms with Crippen LogP contribution in [0.25, 0.3) is 0 Å². The molecule has 0 radical (unpaired) electrons. The molecule has 3 amide bonds. The lowest BCUT2D eigenvalue weighted by atomic mass is 10.2. The number of benzene rings is 3. The average molecular weight is 635 g/mol. The van der Waals surface area contributed by atoms with E-state index >= 15 is 0 Å². The van der Waals surface area contributed by atoms with Crippen molar-refractivity contribution in [2.75, 3.05) is 57.0 Å². The lowest BCUT2D eigenvalue weighted by Crippen LogP contribution is -2.48. The largest absolute Gasteiger partial charge is 0.457 e. The Bertz CT molecular complexity index is 1320. The van der Waals surface area contributed by atoms with Crippen LogP contribution in [0.3, 0.4) is 0 Å². The molecule has 3 aromatic carbocycles. The predicted molar refractivity (Wildman–Crippen MR) is 160 cm³/mol. The molecule has 2 N–H and O–H groups in total. The molecule has 1 saturated heterocycles. The van der Waals surface area contributed by atoms with Crippen LogP contribution in [0.4, 0.5) is 16.2 Å². The van der Waals surface area contributed by atoms with E-state index < -0.39 is 0 Å². The number of nitrogens with one attached hydrogen (secondary N) is 2. The van der Waals surface area contributed by atoms with E-state index in [4.69, 9.17) is 27.9 Å². The highest BCUT2D eigenvalue weighted by molar-refractivity contribution is 9.10. The van der Waals surface area contributed by atoms with Gasteiger partial charge in [-0.1, -0.05) is 45.2 Å². The number of hydrogen-bond acceptors (Lipinski definition) is 5. The molecule has 0 aliphatic carbocycles. The van der Waals surface area contributed by atoms with E-state index in [2.05, 4.69) is 43.4 Å². The summed E-state index contributed by atoms with van der Waals surface area (Å²) in [4.78, 5) is 31.4. The first kappa shape index (κ1) is 29.2. The molecular formula is C28H30BrCl2N5O3. The number of nitrogens with zero attached hydrogens (tertiary/aromatic N) is 3. The monoisotopic (exact) mass is 633 g/mol. The summed E-state index contributed by atoms with van der Waals surface area (Å²) in [5.74, 6) is 1.13. The van der Waals surface area contributed by atoms with Crippen molar-refractivity contribution in [1.82, 2.24) is 15.1 Å². The zero-order valence-electron chi connectivity index (χ0n) is 21.7. The second-order valence-electron chi connectivity index (χ2n) is 9.32. The van der Waals surface area contributed by atoms with Gasteiger partial charge in [0.1, 0.15) is 11.5 Å². The summed E-state index contributed by atoms with van der Waals surface area (Å²) < 4.78 is 6.83. The zero-order chi connectivity index (χ0) is 27.9. The molecule has 4 rings (SSSR count). The third kappa shape index (κ3) is 8.33. The van der Waals surface area contributed by atoms with Crippen molar-refractivity contribution in [3.63, 3.8) is 0 Å². The van der Waals surface area contributed by atoms with E-state index in [1.807, 2.05) is 30.3 Å². The standard InChI is InChI=1S/C28H30BrCl2N5O3/c1-34-11-13-36(14-12-34)18-27(37)35(2)22-7-5-21(6-8-22)33-28(38)32-17-19-3-4-20(29)15-26(19)39-23-9-10-24(30)25(31)16-23/h3-10,15-16H,11-14,17-18H2,1-2H3,(H2,32,33,38). The van der Waals surface area contributed by atoms with Crippen LogP contribution in [0.5, 0.6) is 11.5 Å². The molecule has 3 aromatic rings. The van der Waals surface area contributed by atoms with Gasteiger partial charge in [-0.3, -0.25) is 9.69 Å². The predicted octanol–water partition coefficient (Wildman–Crippen LogP) is 6.08. The minimum absolute atomic E-state index is 0.0337. The van der Waals surface area contributed by atoms with Crippen LogP contribution in [0.15, 0.2) is 65.1 Å². The van der Waals surface area contributed by atoms with Crippen LogP contribution in [0.2, 0.25) is 10.0 Å². The lowest BCUT2D eigenvalue weighted by Gasteiger charge is -2.32. The van der Waals surface area contributed by atoms with E-state index in [0.29, 0.717) is 33.8 Å². The summed E-state index contributed by atoms with van der Waals surface area (Å²) in [5.41, 5.74) is 2.15. The van der Waals surface area contributed by atoms with Crippen LogP contribution in [0, 0.1) is 0 Å². The van der Waals surface area contributed by atoms with Crippen LogP contribution in [-0.2, 0) is 11.3 Å². The first-order valence-electron chi connectivity index (χ1n) is 12.4. The SMILES string of the molecule is CN1CCN(CC(=O)N(C)c2ccc(NC(=O)NCc3ccc(Br)cc3Oc3ccc(Cl)c(Cl)c3)cc2)CC1. The molecule has 0 aromatic heterocycles. The Hall–Kier alpha value is -2.82. The molecule has 1 fully saturated rings. The van der Waals surface area contributed by atoms with Gasteiger partial charge in [0.2, 0.25) is 5.91 Å². The number of urea groups is 1. The molecule has 0 spiro atoms. The van der Waals surface area contributed by atoms with Crippen molar-refractivity contribution in [3.05, 3.63) is 80.7 Å². The number of piperazine rings is 1. The molecule has 8 nitrogen and oxygen atoms in total. The first-order chi connectivity index (χ1) is 18.7. The smallest absolute Gasteiger partial charge is 0.319 e. The summed E-state index contributed by atoms with van der Waals surface area (Å²) in [6.45, 7) is 4.32. The average Bonchev–Trinajstić information content (AvgIpc) is 2.91. The highest BCUT2D eigenvalue weighted by atomic mass is 79.9. The summed E-state index contributed by atoms with van der Waals surface area (Å²) in [6, 6.07) is 17.4. The van der Waals surface area contributed by atoms with Gasteiger partial charge in [0.05, 0.1) is 16.6 Å². The molecular weight excluding hydrogens is 605 g/mol. The third-order valence-electron chi connectivity index (χ3n) is 6.43. The van der Waals surface area contributed by atoms with Crippen molar-refractivity contribution in [2.45, 2.75) is 6.54 Å². The maximum atomic E-state index is 12.7. The molecule has 39 heavy (non-hydrogen) atoms. The fourth-order valence-corrected chi connectivity index (χ4v) is 4.63. The van der Waals surface area contributed by atoms with Gasteiger partial charge in [0.25, 0.3) is 0 Å². The molecule has 0 saturated carbocycles. The molecule has 0 bridgehead atoms. The van der Waals surface area contributed by atoms with E-state index in [1.54, 1.807) is 42.3 Å². The van der Waals surface area contributed by atoms with E-state index in [0.717, 1.165) is 41.9 Å². The third-order valence-corrected chi connectivity index (χ3v) is 7.66. The highest BCUT2D eigenvalue weighted by Crippen LogP contribution is 2.32. The van der Waals surface area contributed by atoms with Gasteiger partial charge in [-0.15, -0.1) is 0 Å². The van der Waals surface area contributed by atoms with Gasteiger partial charge in [-0.05, 0) is 55.6 Å². The highest BCUT2D eigenvalue weighted by Gasteiger charge is 2.19. The van der Waals surface area contributed by atoms with Gasteiger partial charge in [0.15, 0.2) is 0 Å². The number of amides is 3. The number of carbonyl (C=O) groups excluding carboxylic acids is 2. The fraction of sp³-hybridized carbons (Fsp3) is 0.286. The van der Waals surface area contributed by atoms with Crippen LogP contribution in [-0.4, -0.2) is 68.6 Å². The van der Waals surface area contributed by atoms with Gasteiger partial charge in [-0.25, -0.2) is 4.79 Å². The summed E-state index contributed by atoms with van der Waals surface area (Å²) in [7, 11) is 3.86. The van der Waals surface area contributed by atoms with E-state index in [9.17, 15) is 9.59 Å². The Morgan fingerprint density at radius 2 is 1.69 bits per heavy atom. The fourth-order valence-electron chi connectivity index (χ4n) is 4.00. The molecule has 206 valence electrons. The minimum Gasteiger partial charge on any atom is -0.457 e. The maximum Gasteiger partial charge on any atom is 0.319 e. The van der Waals surface area contributed by atoms with Crippen molar-refractivity contribution < 1.29 is 14.3 Å². The Morgan fingerprint density at radius 3 is 2.38 bits per heavy atom. The molecule has 1 aliphatic heterocycles. The summed E-state index contributed by atoms with van der Waals surface area (Å²) in [6.07, 6.45) is 0. The molecule has 1 aliphatic rings. The maximum absolute atomic E-state index is 12.7. The lowest BCUT2D eigenvalue weighted by molar-refractivity contribution is -0.119. The number of hydrogen-bond donors (Lipinski definition) is 2. The number of carbonyl (C=O) groups is 2. The topological polar surface area (TPSA) is 77.2 Å². The number of halogens is 3. The molecule has 11 heteroatoms. The van der Waals surface area contributed by atoms with Crippen LogP contribution >= 0.6 is 39.1 Å². The van der Waals surface area contributed by atoms with E-state index in [1.165, 1.54) is 0 Å². The number of anilines is 2. The van der Waals surface area contributed by atoms with E-state index in [-0.39, 0.29) is 18.5 Å². The Kier molecular flexibility index (Phi) is 10.1.